The fraction of sp³-hybridized carbons (Fsp3) is 0.684. The Hall–Kier alpha value is -4.32. The van der Waals surface area contributed by atoms with Crippen molar-refractivity contribution in [3.63, 3.8) is 0 Å². The molecule has 0 spiro atoms. The minimum atomic E-state index is -2.78. The molecule has 24 nitrogen and oxygen atoms in total. The highest BCUT2D eigenvalue weighted by atomic mass is 32.2. The molecule has 0 bridgehead atoms. The fourth-order valence-corrected chi connectivity index (χ4v) is 8.65. The second-order valence-electron chi connectivity index (χ2n) is 13.0. The van der Waals surface area contributed by atoms with Gasteiger partial charge < -0.3 is 58.3 Å². The maximum atomic E-state index is 14.2. The van der Waals surface area contributed by atoms with Crippen molar-refractivity contribution in [2.24, 2.45) is 10.8 Å². The highest BCUT2D eigenvalue weighted by Gasteiger charge is 2.55. The van der Waals surface area contributed by atoms with Crippen molar-refractivity contribution in [1.29, 1.82) is 0 Å². The van der Waals surface area contributed by atoms with Gasteiger partial charge in [-0.05, 0) is 0 Å². The van der Waals surface area contributed by atoms with E-state index in [9.17, 15) is 57.5 Å². The maximum Gasteiger partial charge on any atom is 0.293 e. The van der Waals surface area contributed by atoms with Crippen LogP contribution < -0.4 is 0 Å². The molecule has 376 valence electrons. The minimum absolute atomic E-state index is 0.0418. The predicted octanol–water partition coefficient (Wildman–Crippen LogP) is -2.46. The van der Waals surface area contributed by atoms with Gasteiger partial charge in [-0.2, -0.15) is 47.0 Å². The van der Waals surface area contributed by atoms with Gasteiger partial charge in [0.25, 0.3) is 51.8 Å². The average Bonchev–Trinajstić information content (AvgIpc) is 3.32. The largest absolute Gasteiger partial charge is 0.464 e. The average molecular weight is 1030 g/mol. The number of hydrogen-bond donors (Lipinski definition) is 4. The molecule has 0 aromatic carbocycles. The van der Waals surface area contributed by atoms with Crippen LogP contribution in [0.15, 0.2) is 0 Å². The van der Waals surface area contributed by atoms with Crippen molar-refractivity contribution in [1.82, 2.24) is 0 Å². The summed E-state index contributed by atoms with van der Waals surface area (Å²) in [5.41, 5.74) is -3.89. The summed E-state index contributed by atoms with van der Waals surface area (Å²) >= 11 is 4.22. The topological polar surface area (TPSA) is 360 Å². The molecule has 0 fully saturated rings. The molecular weight excluding hydrogens is 969 g/mol. The molecule has 0 rings (SSSR count). The first-order valence-corrected chi connectivity index (χ1v) is 24.0. The van der Waals surface area contributed by atoms with Crippen LogP contribution in [0.25, 0.3) is 0 Å². The summed E-state index contributed by atoms with van der Waals surface area (Å²) in [5.74, 6) is -4.08. The van der Waals surface area contributed by atoms with Crippen LogP contribution in [0.1, 0.15) is 25.7 Å². The van der Waals surface area contributed by atoms with Gasteiger partial charge in [0.1, 0.15) is 50.8 Å². The number of ketones is 4. The number of hydrogen-bond acceptors (Lipinski definition) is 28. The van der Waals surface area contributed by atoms with E-state index in [1.165, 1.54) is 0 Å². The standard InChI is InChI=1S/C33H44O20S4.C5H12O4/c34-17-46-9-25(50-21-38)13-54-5-1-29(42)33(30(43)2-6-55-14-26(51-22-39)10-47-18-35,31(44)3-7-56-15-27(52-23-40)11-48-19-36)32(45)4-8-57-16-28(53-24-41)12-49-20-37;6-1-5(2-7,3-8)4-9/h17-28H,1-16H2;6-9H,1-4H2. The van der Waals surface area contributed by atoms with E-state index < -0.39 is 110 Å². The van der Waals surface area contributed by atoms with Crippen LogP contribution in [-0.4, -0.2) is 219 Å². The second kappa shape index (κ2) is 42.1. The number of aliphatic hydroxyl groups excluding tert-OH is 4. The number of ether oxygens (including phenoxy) is 8. The van der Waals surface area contributed by atoms with E-state index in [2.05, 4.69) is 18.9 Å². The summed E-state index contributed by atoms with van der Waals surface area (Å²) in [7, 11) is 0. The summed E-state index contributed by atoms with van der Waals surface area (Å²) in [5, 5.41) is 34.0. The van der Waals surface area contributed by atoms with Gasteiger partial charge in [0, 0.05) is 71.7 Å². The van der Waals surface area contributed by atoms with E-state index >= 15 is 0 Å². The molecule has 4 unspecified atom stereocenters. The van der Waals surface area contributed by atoms with Gasteiger partial charge >= 0.3 is 0 Å². The fourth-order valence-electron chi connectivity index (χ4n) is 4.91. The Balaban J connectivity index is 0. The predicted molar refractivity (Wildman–Crippen MR) is 233 cm³/mol. The molecule has 0 aliphatic rings. The monoisotopic (exact) mass is 1020 g/mol. The quantitative estimate of drug-likeness (QED) is 0.0213. The van der Waals surface area contributed by atoms with Gasteiger partial charge in [-0.3, -0.25) is 57.5 Å². The van der Waals surface area contributed by atoms with Gasteiger partial charge in [0.05, 0.1) is 31.8 Å². The number of carbonyl (C=O) groups excluding carboxylic acids is 12. The van der Waals surface area contributed by atoms with Crippen molar-refractivity contribution in [3.8, 4) is 0 Å². The van der Waals surface area contributed by atoms with Crippen LogP contribution in [0.4, 0.5) is 0 Å². The molecule has 0 aromatic heterocycles. The van der Waals surface area contributed by atoms with Crippen LogP contribution in [0, 0.1) is 10.8 Å². The van der Waals surface area contributed by atoms with Crippen LogP contribution in [-0.2, 0) is 95.4 Å². The second-order valence-corrected chi connectivity index (χ2v) is 17.6. The molecule has 28 heteroatoms. The lowest BCUT2D eigenvalue weighted by atomic mass is 9.69. The normalized spacial score (nSPS) is 13.4. The third-order valence-electron chi connectivity index (χ3n) is 8.52. The van der Waals surface area contributed by atoms with E-state index in [0.29, 0.717) is 0 Å². The molecule has 66 heavy (non-hydrogen) atoms. The number of rotatable bonds is 48. The maximum absolute atomic E-state index is 14.2. The molecule has 0 aromatic rings. The molecule has 0 saturated heterocycles. The molecule has 0 amide bonds. The van der Waals surface area contributed by atoms with Crippen LogP contribution in [0.5, 0.6) is 0 Å². The molecule has 0 aliphatic carbocycles. The van der Waals surface area contributed by atoms with Crippen LogP contribution in [0.3, 0.4) is 0 Å². The Morgan fingerprint density at radius 1 is 0.379 bits per heavy atom. The first-order chi connectivity index (χ1) is 31.9. The van der Waals surface area contributed by atoms with Gasteiger partial charge in [-0.15, -0.1) is 0 Å². The third-order valence-corrected chi connectivity index (χ3v) is 12.9. The Kier molecular flexibility index (Phi) is 40.6. The summed E-state index contributed by atoms with van der Waals surface area (Å²) in [6, 6.07) is 0. The smallest absolute Gasteiger partial charge is 0.293 e. The lowest BCUT2D eigenvalue weighted by Gasteiger charge is -2.29. The van der Waals surface area contributed by atoms with Gasteiger partial charge in [0.2, 0.25) is 5.41 Å². The molecule has 0 radical (unpaired) electrons. The Morgan fingerprint density at radius 2 is 0.591 bits per heavy atom. The SMILES string of the molecule is O=COCC(CSCCC(=O)C(C(=O)CCSCC(COC=O)OC=O)(C(=O)CCSCC(COC=O)OC=O)C(=O)CCSCC(COC=O)OC=O)OC=O.OCC(CO)(CO)CO. The first kappa shape index (κ1) is 63.8. The summed E-state index contributed by atoms with van der Waals surface area (Å²) in [6.45, 7) is -1.56. The van der Waals surface area contributed by atoms with E-state index in [4.69, 9.17) is 39.4 Å². The Bertz CT molecular complexity index is 1230. The highest BCUT2D eigenvalue weighted by molar-refractivity contribution is 8.00. The number of carbonyl (C=O) groups is 12. The van der Waals surface area contributed by atoms with E-state index in [-0.39, 0.29) is 124 Å². The van der Waals surface area contributed by atoms with E-state index in [1.54, 1.807) is 0 Å². The van der Waals surface area contributed by atoms with Gasteiger partial charge in [0.15, 0.2) is 23.1 Å². The van der Waals surface area contributed by atoms with Crippen molar-refractivity contribution in [2.45, 2.75) is 50.1 Å². The van der Waals surface area contributed by atoms with Crippen molar-refractivity contribution in [3.05, 3.63) is 0 Å². The molecule has 4 N–H and O–H groups in total. The lowest BCUT2D eigenvalue weighted by molar-refractivity contribution is -0.155. The zero-order chi connectivity index (χ0) is 49.9. The van der Waals surface area contributed by atoms with Crippen LogP contribution in [0.2, 0.25) is 0 Å². The van der Waals surface area contributed by atoms with Crippen LogP contribution >= 0.6 is 47.0 Å². The van der Waals surface area contributed by atoms with Crippen molar-refractivity contribution in [2.75, 3.05) is 98.9 Å². The molecule has 4 atom stereocenters. The summed E-state index contributed by atoms with van der Waals surface area (Å²) < 4.78 is 38.0. The molecule has 0 saturated carbocycles. The summed E-state index contributed by atoms with van der Waals surface area (Å²) in [6.07, 6.45) is -5.43. The zero-order valence-corrected chi connectivity index (χ0v) is 38.9. The van der Waals surface area contributed by atoms with Crippen molar-refractivity contribution >= 4 is 122 Å². The highest BCUT2D eigenvalue weighted by Crippen LogP contribution is 2.33. The Labute approximate surface area is 396 Å². The number of aliphatic hydroxyl groups is 4. The zero-order valence-electron chi connectivity index (χ0n) is 35.7. The first-order valence-electron chi connectivity index (χ1n) is 19.4. The third kappa shape index (κ3) is 26.7. The van der Waals surface area contributed by atoms with Gasteiger partial charge in [-0.25, -0.2) is 0 Å². The Morgan fingerprint density at radius 3 is 0.742 bits per heavy atom. The summed E-state index contributed by atoms with van der Waals surface area (Å²) in [4.78, 5) is 143. The van der Waals surface area contributed by atoms with E-state index in [0.717, 1.165) is 47.0 Å². The van der Waals surface area contributed by atoms with Crippen molar-refractivity contribution < 1.29 is 116 Å². The minimum Gasteiger partial charge on any atom is -0.464 e. The molecule has 0 heterocycles. The van der Waals surface area contributed by atoms with Gasteiger partial charge in [-0.1, -0.05) is 0 Å². The number of Topliss-reactive ketones (excluding diaryl/α,β-unsaturated/α-hetero) is 4. The number of thioether (sulfide) groups is 4. The lowest BCUT2D eigenvalue weighted by Crippen LogP contribution is -2.53. The molecule has 0 aliphatic heterocycles. The molecular formula is C38H56O24S4. The van der Waals surface area contributed by atoms with E-state index in [1.807, 2.05) is 0 Å².